The number of hydrogen-bond donors (Lipinski definition) is 6. The Kier molecular flexibility index (Phi) is 64.0. The first-order chi connectivity index (χ1) is 44.8. The number of unbranched alkanes of at least 4 members (excludes halogenated alkanes) is 29. The molecule has 1 rings (SSSR count). The molecule has 9 nitrogen and oxygen atoms in total. The molecule has 0 aromatic rings. The highest BCUT2D eigenvalue weighted by molar-refractivity contribution is 5.76. The fourth-order valence-corrected chi connectivity index (χ4v) is 10.8. The highest BCUT2D eigenvalue weighted by atomic mass is 16.7. The van der Waals surface area contributed by atoms with Crippen molar-refractivity contribution in [3.63, 3.8) is 0 Å². The summed E-state index contributed by atoms with van der Waals surface area (Å²) in [5.74, 6) is -0.222. The number of rotatable bonds is 63. The second-order valence-electron chi connectivity index (χ2n) is 25.0. The molecule has 1 aliphatic heterocycles. The number of nitrogens with one attached hydrogen (secondary N) is 1. The molecule has 6 N–H and O–H groups in total. The molecule has 1 fully saturated rings. The van der Waals surface area contributed by atoms with Crippen molar-refractivity contribution in [2.45, 2.75) is 339 Å². The van der Waals surface area contributed by atoms with Crippen LogP contribution < -0.4 is 5.32 Å². The van der Waals surface area contributed by atoms with Gasteiger partial charge in [-0.05, 0) is 109 Å². The van der Waals surface area contributed by atoms with Gasteiger partial charge in [-0.2, -0.15) is 0 Å². The summed E-state index contributed by atoms with van der Waals surface area (Å²) in [6, 6.07) is -0.843. The molecule has 0 aromatic carbocycles. The summed E-state index contributed by atoms with van der Waals surface area (Å²) >= 11 is 0. The summed E-state index contributed by atoms with van der Waals surface area (Å²) in [6.07, 6.45) is 101. The summed E-state index contributed by atoms with van der Waals surface area (Å²) in [6.45, 7) is 3.66. The van der Waals surface area contributed by atoms with Crippen LogP contribution in [-0.4, -0.2) is 87.5 Å². The van der Waals surface area contributed by atoms with Gasteiger partial charge < -0.3 is 40.3 Å². The summed E-state index contributed by atoms with van der Waals surface area (Å²) < 4.78 is 11.3. The minimum Gasteiger partial charge on any atom is -0.394 e. The SMILES string of the molecule is CC/C=C\C/C=C\C/C=C\C/C=C\C/C=C\C/C=C\C/C=C\C/C=C\C/C=C\C/C=C\C/C=C\C/C=C\CCCCC(=O)NC(COC1OC(CO)C(O)C(O)C1O)C(O)/C=C/CCCCCCCCCCCCCCCCCCCCCCCCCCCCC. The van der Waals surface area contributed by atoms with Crippen molar-refractivity contribution < 1.29 is 39.8 Å². The van der Waals surface area contributed by atoms with E-state index in [4.69, 9.17) is 9.47 Å². The van der Waals surface area contributed by atoms with Crippen molar-refractivity contribution >= 4 is 5.91 Å². The number of aliphatic hydroxyl groups excluding tert-OH is 5. The van der Waals surface area contributed by atoms with E-state index in [2.05, 4.69) is 165 Å². The van der Waals surface area contributed by atoms with Gasteiger partial charge in [0.05, 0.1) is 25.4 Å². The van der Waals surface area contributed by atoms with E-state index in [1.807, 2.05) is 6.08 Å². The van der Waals surface area contributed by atoms with Crippen molar-refractivity contribution in [1.29, 1.82) is 0 Å². The number of aliphatic hydroxyl groups is 5. The molecular formula is C82H137NO8. The summed E-state index contributed by atoms with van der Waals surface area (Å²) in [5.41, 5.74) is 0. The second-order valence-corrected chi connectivity index (χ2v) is 25.0. The molecule has 0 aromatic heterocycles. The number of allylic oxidation sites excluding steroid dienone is 25. The largest absolute Gasteiger partial charge is 0.394 e. The van der Waals surface area contributed by atoms with Crippen LogP contribution in [0.3, 0.4) is 0 Å². The van der Waals surface area contributed by atoms with Crippen LogP contribution in [-0.2, 0) is 14.3 Å². The Balaban J connectivity index is 2.20. The lowest BCUT2D eigenvalue weighted by atomic mass is 9.99. The smallest absolute Gasteiger partial charge is 0.220 e. The van der Waals surface area contributed by atoms with Crippen molar-refractivity contribution in [2.75, 3.05) is 13.2 Å². The molecule has 518 valence electrons. The molecule has 0 aliphatic carbocycles. The Labute approximate surface area is 558 Å². The number of hydrogen-bond acceptors (Lipinski definition) is 8. The fourth-order valence-electron chi connectivity index (χ4n) is 10.8. The van der Waals surface area contributed by atoms with Crippen LogP contribution in [0.5, 0.6) is 0 Å². The lowest BCUT2D eigenvalue weighted by Crippen LogP contribution is -2.60. The third-order valence-corrected chi connectivity index (χ3v) is 16.6. The standard InChI is InChI=1S/C82H137NO8/c1-3-5-7-9-11-13-15-17-19-21-23-25-27-29-31-33-34-35-36-37-38-39-40-41-42-44-46-48-50-52-54-56-58-60-62-64-66-68-70-72-78(86)83-75(74-90-82-81(89)80(88)79(87)77(73-84)91-82)76(85)71-69-67-65-63-61-59-57-55-53-51-49-47-45-43-32-30-28-26-24-22-20-18-16-14-12-10-8-6-4-2/h5,7,11,13,17,19,23,25,29,31,34-35,37-38,40-41,44,46,50,52,56,58,62,64,69,71,75-77,79-82,84-85,87-89H,3-4,6,8-10,12,14-16,18,20-22,24,26-28,30,32-33,36,39,42-43,45,47-49,51,53-55,57,59-61,63,65-68,70,72-74H2,1-2H3,(H,83,86)/b7-5-,13-11-,19-17-,25-23-,31-29-,35-34-,38-37-,41-40-,46-44-,52-50-,58-56-,64-62-,71-69+. The van der Waals surface area contributed by atoms with Crippen molar-refractivity contribution in [3.05, 3.63) is 158 Å². The van der Waals surface area contributed by atoms with Crippen LogP contribution >= 0.6 is 0 Å². The van der Waals surface area contributed by atoms with Gasteiger partial charge in [0, 0.05) is 6.42 Å². The quantitative estimate of drug-likeness (QED) is 0.0261. The first-order valence-electron chi connectivity index (χ1n) is 37.2. The van der Waals surface area contributed by atoms with Gasteiger partial charge in [-0.3, -0.25) is 4.79 Å². The summed E-state index contributed by atoms with van der Waals surface area (Å²) in [4.78, 5) is 13.1. The number of ether oxygens (including phenoxy) is 2. The molecule has 0 saturated carbocycles. The zero-order valence-electron chi connectivity index (χ0n) is 58.0. The lowest BCUT2D eigenvalue weighted by Gasteiger charge is -2.40. The van der Waals surface area contributed by atoms with Crippen LogP contribution in [0.1, 0.15) is 296 Å². The number of carbonyl (C=O) groups is 1. The lowest BCUT2D eigenvalue weighted by molar-refractivity contribution is -0.302. The van der Waals surface area contributed by atoms with Gasteiger partial charge in [-0.15, -0.1) is 0 Å². The van der Waals surface area contributed by atoms with Gasteiger partial charge in [0.2, 0.25) is 5.91 Å². The number of carbonyl (C=O) groups excluding carboxylic acids is 1. The Morgan fingerprint density at radius 1 is 0.385 bits per heavy atom. The van der Waals surface area contributed by atoms with Crippen LogP contribution in [0.15, 0.2) is 158 Å². The Morgan fingerprint density at radius 2 is 0.681 bits per heavy atom. The predicted molar refractivity (Wildman–Crippen MR) is 391 cm³/mol. The van der Waals surface area contributed by atoms with E-state index < -0.39 is 49.5 Å². The highest BCUT2D eigenvalue weighted by Gasteiger charge is 2.44. The average Bonchev–Trinajstić information content (AvgIpc) is 1.33. The average molecular weight is 1260 g/mol. The van der Waals surface area contributed by atoms with Gasteiger partial charge in [0.25, 0.3) is 0 Å². The molecule has 1 amide bonds. The van der Waals surface area contributed by atoms with E-state index in [0.29, 0.717) is 6.42 Å². The first kappa shape index (κ1) is 84.8. The van der Waals surface area contributed by atoms with Crippen molar-refractivity contribution in [3.8, 4) is 0 Å². The molecule has 1 aliphatic rings. The maximum Gasteiger partial charge on any atom is 0.220 e. The van der Waals surface area contributed by atoms with Crippen LogP contribution in [0, 0.1) is 0 Å². The van der Waals surface area contributed by atoms with E-state index in [9.17, 15) is 30.3 Å². The summed E-state index contributed by atoms with van der Waals surface area (Å²) in [7, 11) is 0. The van der Waals surface area contributed by atoms with Gasteiger partial charge in [0.1, 0.15) is 24.4 Å². The molecule has 7 unspecified atom stereocenters. The fraction of sp³-hybridized carbons (Fsp3) is 0.671. The normalized spacial score (nSPS) is 18.7. The van der Waals surface area contributed by atoms with Crippen LogP contribution in [0.4, 0.5) is 0 Å². The maximum absolute atomic E-state index is 13.1. The highest BCUT2D eigenvalue weighted by Crippen LogP contribution is 2.23. The molecule has 0 spiro atoms. The molecule has 1 heterocycles. The van der Waals surface area contributed by atoms with E-state index >= 15 is 0 Å². The van der Waals surface area contributed by atoms with Gasteiger partial charge in [-0.25, -0.2) is 0 Å². The van der Waals surface area contributed by atoms with Gasteiger partial charge in [0.15, 0.2) is 6.29 Å². The maximum atomic E-state index is 13.1. The molecular weight excluding hydrogens is 1130 g/mol. The molecule has 91 heavy (non-hydrogen) atoms. The zero-order chi connectivity index (χ0) is 65.7. The zero-order valence-corrected chi connectivity index (χ0v) is 58.0. The Morgan fingerprint density at radius 3 is 1.01 bits per heavy atom. The molecule has 0 bridgehead atoms. The minimum atomic E-state index is -1.59. The van der Waals surface area contributed by atoms with E-state index in [0.717, 1.165) is 109 Å². The molecule has 0 radical (unpaired) electrons. The van der Waals surface area contributed by atoms with E-state index in [1.54, 1.807) is 6.08 Å². The first-order valence-corrected chi connectivity index (χ1v) is 37.2. The molecule has 7 atom stereocenters. The molecule has 1 saturated heterocycles. The van der Waals surface area contributed by atoms with E-state index in [1.165, 1.54) is 161 Å². The summed E-state index contributed by atoms with van der Waals surface area (Å²) in [5, 5.41) is 54.8. The minimum absolute atomic E-state index is 0.215. The Bertz CT molecular complexity index is 2000. The second kappa shape index (κ2) is 68.7. The monoisotopic (exact) mass is 1260 g/mol. The van der Waals surface area contributed by atoms with Crippen molar-refractivity contribution in [1.82, 2.24) is 5.32 Å². The Hall–Kier alpha value is -4.19. The van der Waals surface area contributed by atoms with Crippen LogP contribution in [0.2, 0.25) is 0 Å². The van der Waals surface area contributed by atoms with Gasteiger partial charge >= 0.3 is 0 Å². The third kappa shape index (κ3) is 57.0. The van der Waals surface area contributed by atoms with Crippen molar-refractivity contribution in [2.24, 2.45) is 0 Å². The topological polar surface area (TPSA) is 149 Å². The predicted octanol–water partition coefficient (Wildman–Crippen LogP) is 21.1. The third-order valence-electron chi connectivity index (χ3n) is 16.6. The van der Waals surface area contributed by atoms with Gasteiger partial charge in [-0.1, -0.05) is 339 Å². The number of amides is 1. The van der Waals surface area contributed by atoms with E-state index in [-0.39, 0.29) is 18.9 Å². The molecule has 9 heteroatoms. The van der Waals surface area contributed by atoms with Crippen LogP contribution in [0.25, 0.3) is 0 Å².